The minimum Gasteiger partial charge on any atom is -0.453 e. The van der Waals surface area contributed by atoms with Crippen molar-refractivity contribution in [2.24, 2.45) is 0 Å². The van der Waals surface area contributed by atoms with Gasteiger partial charge in [0.15, 0.2) is 6.61 Å². The number of carbonyl (C=O) groups is 2. The minimum absolute atomic E-state index is 0.0420. The van der Waals surface area contributed by atoms with E-state index in [1.807, 2.05) is 18.2 Å². The molecule has 34 heavy (non-hydrogen) atoms. The van der Waals surface area contributed by atoms with Crippen molar-refractivity contribution in [2.45, 2.75) is 31.0 Å². The molecule has 1 aliphatic rings. The van der Waals surface area contributed by atoms with Crippen LogP contribution in [0.25, 0.3) is 0 Å². The summed E-state index contributed by atoms with van der Waals surface area (Å²) in [6.07, 6.45) is 1.68. The van der Waals surface area contributed by atoms with Crippen LogP contribution in [-0.4, -0.2) is 47.6 Å². The topological polar surface area (TPSA) is 78.9 Å². The van der Waals surface area contributed by atoms with Gasteiger partial charge in [-0.1, -0.05) is 91.0 Å². The lowest BCUT2D eigenvalue weighted by Crippen LogP contribution is -2.46. The van der Waals surface area contributed by atoms with Gasteiger partial charge >= 0.3 is 5.97 Å². The summed E-state index contributed by atoms with van der Waals surface area (Å²) in [5.41, 5.74) is 0.0574. The zero-order valence-electron chi connectivity index (χ0n) is 19.1. The second kappa shape index (κ2) is 11.1. The Hall–Kier alpha value is -3.48. The first-order valence-electron chi connectivity index (χ1n) is 11.6. The van der Waals surface area contributed by atoms with Crippen molar-refractivity contribution in [3.63, 3.8) is 0 Å². The first-order chi connectivity index (χ1) is 16.6. The molecule has 0 bridgehead atoms. The fraction of sp³-hybridized carbons (Fsp3) is 0.286. The number of piperidine rings is 1. The largest absolute Gasteiger partial charge is 0.453 e. The first kappa shape index (κ1) is 23.7. The number of aliphatic hydroxyl groups is 1. The zero-order valence-corrected chi connectivity index (χ0v) is 19.1. The number of hydrogen-bond donors (Lipinski definition) is 2. The number of ether oxygens (including phenoxy) is 1. The van der Waals surface area contributed by atoms with Gasteiger partial charge < -0.3 is 15.2 Å². The summed E-state index contributed by atoms with van der Waals surface area (Å²) in [7, 11) is 0. The van der Waals surface area contributed by atoms with Gasteiger partial charge in [0.05, 0.1) is 0 Å². The molecule has 0 radical (unpaired) electrons. The van der Waals surface area contributed by atoms with Gasteiger partial charge in [0.2, 0.25) is 5.60 Å². The molecule has 2 N–H and O–H groups in total. The van der Waals surface area contributed by atoms with E-state index in [1.54, 1.807) is 60.7 Å². The molecule has 1 fully saturated rings. The molecule has 0 spiro atoms. The molecule has 0 aromatic heterocycles. The van der Waals surface area contributed by atoms with Gasteiger partial charge in [0, 0.05) is 25.7 Å². The maximum atomic E-state index is 13.0. The number of hydrogen-bond acceptors (Lipinski definition) is 5. The van der Waals surface area contributed by atoms with Crippen LogP contribution >= 0.6 is 0 Å². The average molecular weight is 459 g/mol. The summed E-state index contributed by atoms with van der Waals surface area (Å²) in [5, 5.41) is 14.4. The van der Waals surface area contributed by atoms with Crippen molar-refractivity contribution < 1.29 is 19.4 Å². The summed E-state index contributed by atoms with van der Waals surface area (Å²) in [6, 6.07) is 27.6. The van der Waals surface area contributed by atoms with Crippen LogP contribution < -0.4 is 5.32 Å². The lowest BCUT2D eigenvalue weighted by atomic mass is 9.86. The van der Waals surface area contributed by atoms with Crippen LogP contribution in [0.3, 0.4) is 0 Å². The molecule has 1 heterocycles. The van der Waals surface area contributed by atoms with Gasteiger partial charge in [-0.2, -0.15) is 0 Å². The molecule has 0 atom stereocenters. The first-order valence-corrected chi connectivity index (χ1v) is 11.6. The zero-order chi connectivity index (χ0) is 23.8. The SMILES string of the molecule is O=C(COC(=O)C(O)(c1ccccc1)c1ccccc1)NC1CCN(Cc2ccccc2)CC1. The molecule has 1 aliphatic heterocycles. The Balaban J connectivity index is 1.30. The minimum atomic E-state index is -1.99. The number of esters is 1. The summed E-state index contributed by atoms with van der Waals surface area (Å²) >= 11 is 0. The van der Waals surface area contributed by atoms with Crippen molar-refractivity contribution in [1.82, 2.24) is 10.2 Å². The molecule has 6 nitrogen and oxygen atoms in total. The van der Waals surface area contributed by atoms with E-state index in [-0.39, 0.29) is 11.9 Å². The van der Waals surface area contributed by atoms with E-state index in [0.29, 0.717) is 11.1 Å². The van der Waals surface area contributed by atoms with E-state index < -0.39 is 18.2 Å². The van der Waals surface area contributed by atoms with Crippen molar-refractivity contribution in [2.75, 3.05) is 19.7 Å². The highest BCUT2D eigenvalue weighted by atomic mass is 16.6. The van der Waals surface area contributed by atoms with Gasteiger partial charge in [-0.3, -0.25) is 9.69 Å². The predicted octanol–water partition coefficient (Wildman–Crippen LogP) is 3.25. The van der Waals surface area contributed by atoms with Gasteiger partial charge in [-0.05, 0) is 29.5 Å². The third-order valence-electron chi connectivity index (χ3n) is 6.21. The second-order valence-corrected chi connectivity index (χ2v) is 8.62. The number of rotatable bonds is 8. The predicted molar refractivity (Wildman–Crippen MR) is 130 cm³/mol. The molecule has 1 saturated heterocycles. The summed E-state index contributed by atoms with van der Waals surface area (Å²) < 4.78 is 5.31. The molecule has 0 unspecified atom stereocenters. The summed E-state index contributed by atoms with van der Waals surface area (Å²) in [4.78, 5) is 27.9. The van der Waals surface area contributed by atoms with Gasteiger partial charge in [-0.15, -0.1) is 0 Å². The summed E-state index contributed by atoms with van der Waals surface area (Å²) in [6.45, 7) is 2.24. The van der Waals surface area contributed by atoms with Gasteiger partial charge in [0.25, 0.3) is 5.91 Å². The standard InChI is InChI=1S/C28H30N2O4/c31-26(29-25-16-18-30(19-17-25)20-22-10-4-1-5-11-22)21-34-27(32)28(33,23-12-6-2-7-13-23)24-14-8-3-9-15-24/h1-15,25,33H,16-21H2,(H,29,31). The molecule has 0 saturated carbocycles. The van der Waals surface area contributed by atoms with Crippen molar-refractivity contribution in [3.8, 4) is 0 Å². The van der Waals surface area contributed by atoms with Crippen LogP contribution in [0.1, 0.15) is 29.5 Å². The normalized spacial score (nSPS) is 15.0. The van der Waals surface area contributed by atoms with Crippen molar-refractivity contribution in [3.05, 3.63) is 108 Å². The van der Waals surface area contributed by atoms with E-state index in [4.69, 9.17) is 4.74 Å². The number of nitrogens with zero attached hydrogens (tertiary/aromatic N) is 1. The number of carbonyl (C=O) groups excluding carboxylic acids is 2. The third-order valence-corrected chi connectivity index (χ3v) is 6.21. The molecular weight excluding hydrogens is 428 g/mol. The molecule has 1 amide bonds. The van der Waals surface area contributed by atoms with E-state index in [9.17, 15) is 14.7 Å². The highest BCUT2D eigenvalue weighted by molar-refractivity contribution is 5.88. The van der Waals surface area contributed by atoms with Crippen LogP contribution in [0.5, 0.6) is 0 Å². The Morgan fingerprint density at radius 2 is 1.35 bits per heavy atom. The molecule has 176 valence electrons. The smallest absolute Gasteiger partial charge is 0.348 e. The molecule has 3 aromatic carbocycles. The lowest BCUT2D eigenvalue weighted by Gasteiger charge is -2.32. The highest BCUT2D eigenvalue weighted by Gasteiger charge is 2.41. The van der Waals surface area contributed by atoms with Crippen LogP contribution in [0, 0.1) is 0 Å². The fourth-order valence-corrected chi connectivity index (χ4v) is 4.34. The van der Waals surface area contributed by atoms with E-state index >= 15 is 0 Å². The lowest BCUT2D eigenvalue weighted by molar-refractivity contribution is -0.164. The number of likely N-dealkylation sites (tertiary alicyclic amines) is 1. The van der Waals surface area contributed by atoms with E-state index in [1.165, 1.54) is 5.56 Å². The molecular formula is C28H30N2O4. The number of amides is 1. The third kappa shape index (κ3) is 5.71. The monoisotopic (exact) mass is 458 g/mol. The van der Waals surface area contributed by atoms with Gasteiger partial charge in [-0.25, -0.2) is 4.79 Å². The highest BCUT2D eigenvalue weighted by Crippen LogP contribution is 2.31. The van der Waals surface area contributed by atoms with E-state index in [0.717, 1.165) is 32.5 Å². The Kier molecular flexibility index (Phi) is 7.72. The molecule has 6 heteroatoms. The Labute approximate surface area is 200 Å². The maximum Gasteiger partial charge on any atom is 0.348 e. The fourth-order valence-electron chi connectivity index (χ4n) is 4.34. The molecule has 0 aliphatic carbocycles. The van der Waals surface area contributed by atoms with E-state index in [2.05, 4.69) is 22.3 Å². The molecule has 4 rings (SSSR count). The molecule has 3 aromatic rings. The Bertz CT molecular complexity index is 1030. The average Bonchev–Trinajstić information content (AvgIpc) is 2.89. The van der Waals surface area contributed by atoms with Crippen molar-refractivity contribution in [1.29, 1.82) is 0 Å². The quantitative estimate of drug-likeness (QED) is 0.507. The van der Waals surface area contributed by atoms with Crippen molar-refractivity contribution >= 4 is 11.9 Å². The number of benzene rings is 3. The van der Waals surface area contributed by atoms with Crippen LogP contribution in [0.2, 0.25) is 0 Å². The van der Waals surface area contributed by atoms with Crippen LogP contribution in [0.15, 0.2) is 91.0 Å². The number of nitrogens with one attached hydrogen (secondary N) is 1. The second-order valence-electron chi connectivity index (χ2n) is 8.62. The Morgan fingerprint density at radius 3 is 1.88 bits per heavy atom. The van der Waals surface area contributed by atoms with Gasteiger partial charge in [0.1, 0.15) is 0 Å². The summed E-state index contributed by atoms with van der Waals surface area (Å²) in [5.74, 6) is -1.24. The van der Waals surface area contributed by atoms with Crippen LogP contribution in [0.4, 0.5) is 0 Å². The Morgan fingerprint density at radius 1 is 0.853 bits per heavy atom. The maximum absolute atomic E-state index is 13.0. The van der Waals surface area contributed by atoms with Crippen LogP contribution in [-0.2, 0) is 26.5 Å².